The van der Waals surface area contributed by atoms with Crippen LogP contribution in [0.1, 0.15) is 41.3 Å². The number of imide groups is 1. The molecule has 3 aromatic rings. The Morgan fingerprint density at radius 3 is 2.69 bits per heavy atom. The molecular formula is C28H29N7O4. The van der Waals surface area contributed by atoms with Gasteiger partial charge in [-0.2, -0.15) is 4.98 Å². The Morgan fingerprint density at radius 2 is 1.92 bits per heavy atom. The van der Waals surface area contributed by atoms with E-state index in [4.69, 9.17) is 0 Å². The summed E-state index contributed by atoms with van der Waals surface area (Å²) in [6, 6.07) is 16.1. The fourth-order valence-corrected chi connectivity index (χ4v) is 4.79. The van der Waals surface area contributed by atoms with Crippen molar-refractivity contribution in [3.8, 4) is 0 Å². The van der Waals surface area contributed by atoms with Gasteiger partial charge in [-0.15, -0.1) is 0 Å². The van der Waals surface area contributed by atoms with E-state index >= 15 is 0 Å². The molecule has 200 valence electrons. The highest BCUT2D eigenvalue weighted by molar-refractivity contribution is 6.07. The van der Waals surface area contributed by atoms with Crippen LogP contribution in [0.2, 0.25) is 0 Å². The number of carbonyl (C=O) groups excluding carboxylic acids is 4. The van der Waals surface area contributed by atoms with Gasteiger partial charge in [0.2, 0.25) is 23.7 Å². The van der Waals surface area contributed by atoms with E-state index in [0.717, 1.165) is 5.56 Å². The number of aromatic nitrogens is 2. The highest BCUT2D eigenvalue weighted by Crippen LogP contribution is 2.32. The number of piperidine rings is 1. The lowest BCUT2D eigenvalue weighted by Gasteiger charge is -2.29. The van der Waals surface area contributed by atoms with Crippen molar-refractivity contribution in [1.82, 2.24) is 20.2 Å². The molecule has 2 aliphatic rings. The monoisotopic (exact) mass is 527 g/mol. The number of anilines is 3. The number of hydrogen-bond donors (Lipinski definition) is 3. The second-order valence-corrected chi connectivity index (χ2v) is 9.38. The quantitative estimate of drug-likeness (QED) is 0.361. The molecule has 0 spiro atoms. The molecule has 11 nitrogen and oxygen atoms in total. The number of benzene rings is 2. The number of amides is 4. The summed E-state index contributed by atoms with van der Waals surface area (Å²) in [5.74, 6) is -0.351. The Hall–Kier alpha value is -4.80. The smallest absolute Gasteiger partial charge is 0.255 e. The third-order valence-corrected chi connectivity index (χ3v) is 6.81. The van der Waals surface area contributed by atoms with Crippen LogP contribution in [0.15, 0.2) is 60.8 Å². The molecule has 1 atom stereocenters. The van der Waals surface area contributed by atoms with E-state index in [1.165, 1.54) is 4.90 Å². The number of rotatable bonds is 9. The first-order chi connectivity index (χ1) is 18.9. The molecule has 0 radical (unpaired) electrons. The zero-order chi connectivity index (χ0) is 27.4. The van der Waals surface area contributed by atoms with Crippen LogP contribution in [0.5, 0.6) is 0 Å². The molecule has 3 N–H and O–H groups in total. The summed E-state index contributed by atoms with van der Waals surface area (Å²) in [5.41, 5.74) is 2.73. The second-order valence-electron chi connectivity index (χ2n) is 9.38. The van der Waals surface area contributed by atoms with Gasteiger partial charge >= 0.3 is 0 Å². The van der Waals surface area contributed by atoms with E-state index in [-0.39, 0.29) is 43.7 Å². The van der Waals surface area contributed by atoms with Crippen molar-refractivity contribution in [2.45, 2.75) is 38.9 Å². The first-order valence-electron chi connectivity index (χ1n) is 12.8. The van der Waals surface area contributed by atoms with Gasteiger partial charge in [-0.25, -0.2) is 4.98 Å². The van der Waals surface area contributed by atoms with E-state index in [1.807, 2.05) is 42.2 Å². The lowest BCUT2D eigenvalue weighted by Crippen LogP contribution is -2.52. The Kier molecular flexibility index (Phi) is 7.48. The van der Waals surface area contributed by atoms with Crippen LogP contribution in [0.25, 0.3) is 0 Å². The largest absolute Gasteiger partial charge is 0.361 e. The molecule has 2 aromatic carbocycles. The third kappa shape index (κ3) is 5.71. The summed E-state index contributed by atoms with van der Waals surface area (Å²) >= 11 is 0. The van der Waals surface area contributed by atoms with Crippen molar-refractivity contribution in [3.63, 3.8) is 0 Å². The maximum Gasteiger partial charge on any atom is 0.255 e. The van der Waals surface area contributed by atoms with Gasteiger partial charge in [0.1, 0.15) is 11.9 Å². The summed E-state index contributed by atoms with van der Waals surface area (Å²) < 4.78 is 0. The number of hydrogen-bond acceptors (Lipinski definition) is 8. The summed E-state index contributed by atoms with van der Waals surface area (Å²) in [5, 5.41) is 8.21. The Balaban J connectivity index is 1.22. The zero-order valence-corrected chi connectivity index (χ0v) is 21.5. The highest BCUT2D eigenvalue weighted by Gasteiger charge is 2.39. The highest BCUT2D eigenvalue weighted by atomic mass is 16.2. The minimum absolute atomic E-state index is 0.0459. The van der Waals surface area contributed by atoms with E-state index in [1.54, 1.807) is 30.5 Å². The van der Waals surface area contributed by atoms with Gasteiger partial charge in [0.25, 0.3) is 5.91 Å². The number of nitrogens with one attached hydrogen (secondary N) is 3. The second kappa shape index (κ2) is 11.3. The molecule has 1 fully saturated rings. The minimum atomic E-state index is -0.718. The molecule has 1 unspecified atom stereocenters. The van der Waals surface area contributed by atoms with Crippen molar-refractivity contribution in [1.29, 1.82) is 0 Å². The number of nitrogens with zero attached hydrogens (tertiary/aromatic N) is 4. The molecule has 4 amide bonds. The Morgan fingerprint density at radius 1 is 1.10 bits per heavy atom. The van der Waals surface area contributed by atoms with Crippen LogP contribution in [-0.2, 0) is 27.5 Å². The van der Waals surface area contributed by atoms with Crippen molar-refractivity contribution in [3.05, 3.63) is 77.5 Å². The van der Waals surface area contributed by atoms with E-state index in [0.29, 0.717) is 41.7 Å². The Labute approximate surface area is 225 Å². The molecule has 0 saturated carbocycles. The predicted molar refractivity (Wildman–Crippen MR) is 145 cm³/mol. The lowest BCUT2D eigenvalue weighted by atomic mass is 10.0. The van der Waals surface area contributed by atoms with Gasteiger partial charge in [0.05, 0.1) is 6.54 Å². The van der Waals surface area contributed by atoms with Gasteiger partial charge in [-0.05, 0) is 37.1 Å². The molecule has 3 heterocycles. The molecule has 0 aliphatic carbocycles. The van der Waals surface area contributed by atoms with Crippen molar-refractivity contribution in [2.24, 2.45) is 0 Å². The Bertz CT molecular complexity index is 1410. The number of fused-ring (bicyclic) bond motifs is 1. The zero-order valence-electron chi connectivity index (χ0n) is 21.5. The summed E-state index contributed by atoms with van der Waals surface area (Å²) in [6.07, 6.45) is 2.10. The molecule has 11 heteroatoms. The first-order valence-corrected chi connectivity index (χ1v) is 12.8. The maximum atomic E-state index is 13.0. The van der Waals surface area contributed by atoms with Crippen LogP contribution >= 0.6 is 0 Å². The first kappa shape index (κ1) is 25.8. The predicted octanol–water partition coefficient (Wildman–Crippen LogP) is 2.31. The molecule has 5 rings (SSSR count). The fourth-order valence-electron chi connectivity index (χ4n) is 4.79. The summed E-state index contributed by atoms with van der Waals surface area (Å²) in [7, 11) is 0. The van der Waals surface area contributed by atoms with Crippen LogP contribution in [0.3, 0.4) is 0 Å². The van der Waals surface area contributed by atoms with Crippen LogP contribution < -0.4 is 20.9 Å². The van der Waals surface area contributed by atoms with Crippen LogP contribution in [-0.4, -0.2) is 57.6 Å². The molecule has 1 aromatic heterocycles. The molecule has 1 saturated heterocycles. The standard InChI is InChI=1S/C28H29N7O4/c1-2-34(16-18-7-4-3-5-8-18)28-29-14-13-23(32-28)30-15-25(37)31-21-10-6-9-19-20(21)17-35(27(19)39)22-11-12-24(36)33-26(22)38/h3-10,13-14,22H,2,11-12,15-17H2,1H3,(H,31,37)(H,29,30,32)(H,33,36,38). The average Bonchev–Trinajstić information content (AvgIpc) is 3.28. The minimum Gasteiger partial charge on any atom is -0.361 e. The average molecular weight is 528 g/mol. The molecular weight excluding hydrogens is 498 g/mol. The SMILES string of the molecule is CCN(Cc1ccccc1)c1nccc(NCC(=O)Nc2cccc3c2CN(C2CCC(=O)NC2=O)C3=O)n1. The van der Waals surface area contributed by atoms with Crippen molar-refractivity contribution in [2.75, 3.05) is 28.6 Å². The third-order valence-electron chi connectivity index (χ3n) is 6.81. The van der Waals surface area contributed by atoms with Crippen molar-refractivity contribution >= 4 is 41.1 Å². The normalized spacial score (nSPS) is 16.5. The molecule has 0 bridgehead atoms. The van der Waals surface area contributed by atoms with Gasteiger partial charge in [0.15, 0.2) is 0 Å². The van der Waals surface area contributed by atoms with Gasteiger partial charge in [-0.3, -0.25) is 24.5 Å². The van der Waals surface area contributed by atoms with Gasteiger partial charge in [-0.1, -0.05) is 36.4 Å². The van der Waals surface area contributed by atoms with Crippen LogP contribution in [0, 0.1) is 0 Å². The maximum absolute atomic E-state index is 13.0. The molecule has 39 heavy (non-hydrogen) atoms. The molecule has 2 aliphatic heterocycles. The topological polar surface area (TPSA) is 137 Å². The van der Waals surface area contributed by atoms with E-state index in [9.17, 15) is 19.2 Å². The summed E-state index contributed by atoms with van der Waals surface area (Å²) in [4.78, 5) is 62.2. The van der Waals surface area contributed by atoms with Crippen molar-refractivity contribution < 1.29 is 19.2 Å². The number of carbonyl (C=O) groups is 4. The summed E-state index contributed by atoms with van der Waals surface area (Å²) in [6.45, 7) is 3.54. The van der Waals surface area contributed by atoms with E-state index < -0.39 is 11.9 Å². The lowest BCUT2D eigenvalue weighted by molar-refractivity contribution is -0.137. The van der Waals surface area contributed by atoms with Crippen LogP contribution in [0.4, 0.5) is 17.5 Å². The van der Waals surface area contributed by atoms with E-state index in [2.05, 4.69) is 25.9 Å². The van der Waals surface area contributed by atoms with Gasteiger partial charge in [0, 0.05) is 49.1 Å². The fraction of sp³-hybridized carbons (Fsp3) is 0.286. The van der Waals surface area contributed by atoms with Gasteiger partial charge < -0.3 is 20.4 Å².